The van der Waals surface area contributed by atoms with Crippen molar-refractivity contribution in [1.29, 1.82) is 0 Å². The summed E-state index contributed by atoms with van der Waals surface area (Å²) in [6.07, 6.45) is 4.26. The van der Waals surface area contributed by atoms with Crippen LogP contribution in [-0.4, -0.2) is 45.0 Å². The number of carbonyl (C=O) groups excluding carboxylic acids is 1. The molecular formula is C14H25N5O. The van der Waals surface area contributed by atoms with Gasteiger partial charge in [0, 0.05) is 50.0 Å². The Morgan fingerprint density at radius 2 is 2.25 bits per heavy atom. The van der Waals surface area contributed by atoms with E-state index >= 15 is 0 Å². The third kappa shape index (κ3) is 3.80. The van der Waals surface area contributed by atoms with Crippen LogP contribution < -0.4 is 11.1 Å². The molecule has 6 nitrogen and oxygen atoms in total. The van der Waals surface area contributed by atoms with Gasteiger partial charge in [-0.1, -0.05) is 0 Å². The number of carbonyl (C=O) groups is 1. The highest BCUT2D eigenvalue weighted by Crippen LogP contribution is 2.15. The summed E-state index contributed by atoms with van der Waals surface area (Å²) in [5, 5.41) is 3.00. The van der Waals surface area contributed by atoms with E-state index < -0.39 is 0 Å². The van der Waals surface area contributed by atoms with Crippen molar-refractivity contribution in [2.75, 3.05) is 13.1 Å². The summed E-state index contributed by atoms with van der Waals surface area (Å²) in [4.78, 5) is 18.6. The van der Waals surface area contributed by atoms with Crippen LogP contribution in [0.1, 0.15) is 33.0 Å². The Bertz CT molecular complexity index is 462. The standard InChI is InChI=1S/C14H25N5O/c1-14(2,3)17-13(20)8-11(9-15)19-7-6-18-5-4-16-12(18)10-19/h4-5,11H,6-10,15H2,1-3H3,(H,17,20). The first-order valence-electron chi connectivity index (χ1n) is 7.14. The van der Waals surface area contributed by atoms with Crippen LogP contribution in [0.4, 0.5) is 0 Å². The van der Waals surface area contributed by atoms with Gasteiger partial charge < -0.3 is 15.6 Å². The summed E-state index contributed by atoms with van der Waals surface area (Å²) in [7, 11) is 0. The van der Waals surface area contributed by atoms with Crippen LogP contribution in [0.3, 0.4) is 0 Å². The first kappa shape index (κ1) is 15.0. The highest BCUT2D eigenvalue weighted by atomic mass is 16.1. The van der Waals surface area contributed by atoms with Gasteiger partial charge in [-0.15, -0.1) is 0 Å². The van der Waals surface area contributed by atoms with Gasteiger partial charge in [0.1, 0.15) is 5.82 Å². The first-order chi connectivity index (χ1) is 9.39. The van der Waals surface area contributed by atoms with E-state index in [-0.39, 0.29) is 17.5 Å². The average molecular weight is 279 g/mol. The lowest BCUT2D eigenvalue weighted by molar-refractivity contribution is -0.123. The molecule has 1 aromatic rings. The molecule has 1 aromatic heterocycles. The van der Waals surface area contributed by atoms with Crippen molar-refractivity contribution >= 4 is 5.91 Å². The van der Waals surface area contributed by atoms with Crippen molar-refractivity contribution in [2.45, 2.75) is 51.9 Å². The minimum absolute atomic E-state index is 0.0573. The number of nitrogens with two attached hydrogens (primary N) is 1. The lowest BCUT2D eigenvalue weighted by Gasteiger charge is -2.34. The molecule has 0 radical (unpaired) electrons. The van der Waals surface area contributed by atoms with E-state index in [9.17, 15) is 4.79 Å². The highest BCUT2D eigenvalue weighted by Gasteiger charge is 2.26. The fourth-order valence-electron chi connectivity index (χ4n) is 2.55. The molecule has 112 valence electrons. The van der Waals surface area contributed by atoms with E-state index in [0.29, 0.717) is 13.0 Å². The lowest BCUT2D eigenvalue weighted by Crippen LogP contribution is -2.49. The second-order valence-corrected chi connectivity index (χ2v) is 6.40. The normalized spacial score (nSPS) is 17.6. The third-order valence-electron chi connectivity index (χ3n) is 3.50. The molecule has 0 saturated heterocycles. The lowest BCUT2D eigenvalue weighted by atomic mass is 10.1. The Labute approximate surface area is 120 Å². The molecule has 6 heteroatoms. The molecule has 1 amide bonds. The Kier molecular flexibility index (Phi) is 4.45. The van der Waals surface area contributed by atoms with Gasteiger partial charge in [0.15, 0.2) is 0 Å². The predicted molar refractivity (Wildman–Crippen MR) is 78.0 cm³/mol. The molecular weight excluding hydrogens is 254 g/mol. The molecule has 0 bridgehead atoms. The minimum Gasteiger partial charge on any atom is -0.351 e. The SMILES string of the molecule is CC(C)(C)NC(=O)CC(CN)N1CCn2ccnc2C1. The summed E-state index contributed by atoms with van der Waals surface area (Å²) in [6.45, 7) is 9.02. The predicted octanol–water partition coefficient (Wildman–Crippen LogP) is 0.331. The number of nitrogens with zero attached hydrogens (tertiary/aromatic N) is 3. The molecule has 0 spiro atoms. The number of hydrogen-bond acceptors (Lipinski definition) is 4. The molecule has 1 aliphatic heterocycles. The quantitative estimate of drug-likeness (QED) is 0.833. The van der Waals surface area contributed by atoms with Gasteiger partial charge in [-0.05, 0) is 20.8 Å². The summed E-state index contributed by atoms with van der Waals surface area (Å²) in [5.74, 6) is 1.10. The van der Waals surface area contributed by atoms with Crippen LogP contribution in [-0.2, 0) is 17.9 Å². The van der Waals surface area contributed by atoms with Gasteiger partial charge in [0.05, 0.1) is 6.54 Å². The molecule has 0 fully saturated rings. The van der Waals surface area contributed by atoms with Gasteiger partial charge in [0.2, 0.25) is 5.91 Å². The minimum atomic E-state index is -0.200. The van der Waals surface area contributed by atoms with Gasteiger partial charge in [-0.3, -0.25) is 9.69 Å². The summed E-state index contributed by atoms with van der Waals surface area (Å²) in [6, 6.07) is 0.0720. The molecule has 0 saturated carbocycles. The monoisotopic (exact) mass is 279 g/mol. The molecule has 1 unspecified atom stereocenters. The number of nitrogens with one attached hydrogen (secondary N) is 1. The van der Waals surface area contributed by atoms with Gasteiger partial charge in [0.25, 0.3) is 0 Å². The van der Waals surface area contributed by atoms with E-state index in [1.165, 1.54) is 0 Å². The van der Waals surface area contributed by atoms with E-state index in [2.05, 4.69) is 19.8 Å². The topological polar surface area (TPSA) is 76.2 Å². The zero-order valence-electron chi connectivity index (χ0n) is 12.6. The first-order valence-corrected chi connectivity index (χ1v) is 7.14. The van der Waals surface area contributed by atoms with Crippen LogP contribution in [0.2, 0.25) is 0 Å². The molecule has 20 heavy (non-hydrogen) atoms. The van der Waals surface area contributed by atoms with Crippen molar-refractivity contribution in [3.05, 3.63) is 18.2 Å². The molecule has 2 rings (SSSR count). The zero-order chi connectivity index (χ0) is 14.8. The second kappa shape index (κ2) is 5.93. The maximum atomic E-state index is 12.1. The summed E-state index contributed by atoms with van der Waals surface area (Å²) >= 11 is 0. The number of hydrogen-bond donors (Lipinski definition) is 2. The van der Waals surface area contributed by atoms with Crippen molar-refractivity contribution in [1.82, 2.24) is 19.8 Å². The van der Waals surface area contributed by atoms with Crippen LogP contribution in [0.15, 0.2) is 12.4 Å². The van der Waals surface area contributed by atoms with Crippen molar-refractivity contribution in [3.8, 4) is 0 Å². The molecule has 0 aromatic carbocycles. The van der Waals surface area contributed by atoms with Crippen LogP contribution >= 0.6 is 0 Å². The molecule has 2 heterocycles. The molecule has 1 aliphatic rings. The smallest absolute Gasteiger partial charge is 0.222 e. The number of aromatic nitrogens is 2. The van der Waals surface area contributed by atoms with E-state index in [4.69, 9.17) is 5.73 Å². The largest absolute Gasteiger partial charge is 0.351 e. The Hall–Kier alpha value is -1.40. The maximum absolute atomic E-state index is 12.1. The molecule has 1 atom stereocenters. The van der Waals surface area contributed by atoms with E-state index in [0.717, 1.165) is 25.5 Å². The third-order valence-corrected chi connectivity index (χ3v) is 3.50. The van der Waals surface area contributed by atoms with Crippen molar-refractivity contribution in [3.63, 3.8) is 0 Å². The number of rotatable bonds is 4. The van der Waals surface area contributed by atoms with Crippen LogP contribution in [0, 0.1) is 0 Å². The van der Waals surface area contributed by atoms with Crippen molar-refractivity contribution < 1.29 is 4.79 Å². The van der Waals surface area contributed by atoms with Gasteiger partial charge in [-0.25, -0.2) is 4.98 Å². The fourth-order valence-corrected chi connectivity index (χ4v) is 2.55. The van der Waals surface area contributed by atoms with Crippen molar-refractivity contribution in [2.24, 2.45) is 5.73 Å². The Morgan fingerprint density at radius 1 is 1.50 bits per heavy atom. The average Bonchev–Trinajstić information content (AvgIpc) is 2.80. The number of imidazole rings is 1. The maximum Gasteiger partial charge on any atom is 0.222 e. The van der Waals surface area contributed by atoms with E-state index in [1.54, 1.807) is 0 Å². The highest BCUT2D eigenvalue weighted by molar-refractivity contribution is 5.77. The fraction of sp³-hybridized carbons (Fsp3) is 0.714. The zero-order valence-corrected chi connectivity index (χ0v) is 12.6. The summed E-state index contributed by atoms with van der Waals surface area (Å²) in [5.41, 5.74) is 5.66. The summed E-state index contributed by atoms with van der Waals surface area (Å²) < 4.78 is 2.15. The van der Waals surface area contributed by atoms with Gasteiger partial charge >= 0.3 is 0 Å². The number of amides is 1. The van der Waals surface area contributed by atoms with Crippen LogP contribution in [0.5, 0.6) is 0 Å². The molecule has 3 N–H and O–H groups in total. The Morgan fingerprint density at radius 3 is 2.90 bits per heavy atom. The second-order valence-electron chi connectivity index (χ2n) is 6.40. The van der Waals surface area contributed by atoms with E-state index in [1.807, 2.05) is 33.2 Å². The van der Waals surface area contributed by atoms with Crippen LogP contribution in [0.25, 0.3) is 0 Å². The Balaban J connectivity index is 1.94. The number of fused-ring (bicyclic) bond motifs is 1. The van der Waals surface area contributed by atoms with Gasteiger partial charge in [-0.2, -0.15) is 0 Å². The molecule has 0 aliphatic carbocycles.